The summed E-state index contributed by atoms with van der Waals surface area (Å²) >= 11 is 0. The lowest BCUT2D eigenvalue weighted by Crippen LogP contribution is -2.50. The first-order chi connectivity index (χ1) is 18.6. The monoisotopic (exact) mass is 586 g/mol. The number of carbonyl (C=O) groups excluding carboxylic acids is 1. The number of aromatic nitrogens is 1. The van der Waals surface area contributed by atoms with Crippen LogP contribution in [-0.4, -0.2) is 84.1 Å². The molecule has 1 amide bonds. The van der Waals surface area contributed by atoms with Crippen LogP contribution in [0.15, 0.2) is 42.5 Å². The van der Waals surface area contributed by atoms with Gasteiger partial charge in [0.25, 0.3) is 5.91 Å². The second-order valence-electron chi connectivity index (χ2n) is 11.6. The molecular weight excluding hydrogens is 543 g/mol. The molecule has 3 fully saturated rings. The van der Waals surface area contributed by atoms with Crippen LogP contribution in [0.1, 0.15) is 64.3 Å². The number of piperazine rings is 1. The Morgan fingerprint density at radius 2 is 1.57 bits per heavy atom. The maximum Gasteiger partial charge on any atom is 0.270 e. The summed E-state index contributed by atoms with van der Waals surface area (Å²) in [5.74, 6) is 0.779. The smallest absolute Gasteiger partial charge is 0.270 e. The van der Waals surface area contributed by atoms with E-state index in [4.69, 9.17) is 4.74 Å². The zero-order chi connectivity index (χ0) is 26.1. The van der Waals surface area contributed by atoms with Gasteiger partial charge in [0, 0.05) is 62.3 Å². The number of nitrogens with one attached hydrogen (secondary N) is 1. The van der Waals surface area contributed by atoms with Crippen LogP contribution in [0, 0.1) is 13.8 Å². The first kappa shape index (κ1) is 30.9. The van der Waals surface area contributed by atoms with Crippen molar-refractivity contribution in [3.05, 3.63) is 70.4 Å². The molecule has 8 heteroatoms. The molecule has 6 nitrogen and oxygen atoms in total. The highest BCUT2D eigenvalue weighted by Gasteiger charge is 2.30. The van der Waals surface area contributed by atoms with Crippen molar-refractivity contribution in [2.24, 2.45) is 0 Å². The van der Waals surface area contributed by atoms with Gasteiger partial charge >= 0.3 is 0 Å². The summed E-state index contributed by atoms with van der Waals surface area (Å²) < 4.78 is 5.83. The molecule has 3 aromatic rings. The number of benzene rings is 2. The van der Waals surface area contributed by atoms with E-state index in [1.54, 1.807) is 5.56 Å². The van der Waals surface area contributed by atoms with Crippen LogP contribution >= 0.6 is 24.8 Å². The number of H-pyrrole nitrogens is 1. The van der Waals surface area contributed by atoms with Gasteiger partial charge in [-0.05, 0) is 81.3 Å². The van der Waals surface area contributed by atoms with Gasteiger partial charge in [-0.2, -0.15) is 0 Å². The zero-order valence-electron chi connectivity index (χ0n) is 23.9. The Hall–Kier alpha value is -2.09. The van der Waals surface area contributed by atoms with Crippen molar-refractivity contribution in [3.63, 3.8) is 0 Å². The van der Waals surface area contributed by atoms with Crippen molar-refractivity contribution >= 4 is 41.6 Å². The molecule has 6 rings (SSSR count). The molecule has 3 aliphatic rings. The van der Waals surface area contributed by atoms with E-state index in [-0.39, 0.29) is 30.7 Å². The number of ether oxygens (including phenoxy) is 1. The number of likely N-dealkylation sites (tertiary alicyclic amines) is 1. The standard InChI is InChI=1S/C32H42N4O2.2ClH/c1-23-7-5-8-24(2)30(23)25-12-14-34(15-13-25)22-28-27-10-3-4-11-29(27)33-31(28)32(37)36-18-16-35(17-19-36)21-26-9-6-20-38-26;;/h3-5,7-8,10-11,25-26,33H,6,9,12-22H2,1-2H3;2*1H. The number of piperidine rings is 1. The number of amides is 1. The highest BCUT2D eigenvalue weighted by atomic mass is 35.5. The minimum atomic E-state index is 0. The Morgan fingerprint density at radius 3 is 2.25 bits per heavy atom. The quantitative estimate of drug-likeness (QED) is 0.388. The van der Waals surface area contributed by atoms with Gasteiger partial charge < -0.3 is 14.6 Å². The summed E-state index contributed by atoms with van der Waals surface area (Å²) in [5, 5.41) is 1.18. The second kappa shape index (κ2) is 13.7. The molecule has 0 radical (unpaired) electrons. The molecule has 0 aliphatic carbocycles. The van der Waals surface area contributed by atoms with Crippen LogP contribution in [0.4, 0.5) is 0 Å². The number of carbonyl (C=O) groups is 1. The summed E-state index contributed by atoms with van der Waals surface area (Å²) in [6.45, 7) is 12.8. The molecule has 0 bridgehead atoms. The van der Waals surface area contributed by atoms with E-state index in [1.807, 2.05) is 4.90 Å². The van der Waals surface area contributed by atoms with Gasteiger partial charge in [-0.25, -0.2) is 0 Å². The van der Waals surface area contributed by atoms with Crippen LogP contribution < -0.4 is 0 Å². The van der Waals surface area contributed by atoms with Crippen molar-refractivity contribution in [2.75, 3.05) is 52.4 Å². The van der Waals surface area contributed by atoms with E-state index in [0.717, 1.165) is 75.7 Å². The summed E-state index contributed by atoms with van der Waals surface area (Å²) in [6.07, 6.45) is 5.06. The van der Waals surface area contributed by atoms with Gasteiger partial charge in [-0.15, -0.1) is 24.8 Å². The third kappa shape index (κ3) is 6.52. The van der Waals surface area contributed by atoms with E-state index in [1.165, 1.54) is 42.2 Å². The van der Waals surface area contributed by atoms with E-state index in [0.29, 0.717) is 12.0 Å². The highest BCUT2D eigenvalue weighted by Crippen LogP contribution is 2.34. The molecule has 2 aromatic carbocycles. The van der Waals surface area contributed by atoms with Crippen LogP contribution in [-0.2, 0) is 11.3 Å². The Bertz CT molecular complexity index is 1250. The third-order valence-electron chi connectivity index (χ3n) is 9.09. The number of nitrogens with zero attached hydrogens (tertiary/aromatic N) is 3. The number of hydrogen-bond donors (Lipinski definition) is 1. The molecule has 1 N–H and O–H groups in total. The molecule has 218 valence electrons. The Labute approximate surface area is 251 Å². The van der Waals surface area contributed by atoms with Crippen molar-refractivity contribution < 1.29 is 9.53 Å². The van der Waals surface area contributed by atoms with Crippen molar-refractivity contribution in [2.45, 2.75) is 58.1 Å². The molecule has 4 heterocycles. The number of para-hydroxylation sites is 1. The molecule has 0 saturated carbocycles. The van der Waals surface area contributed by atoms with Crippen molar-refractivity contribution in [1.82, 2.24) is 19.7 Å². The first-order valence-corrected chi connectivity index (χ1v) is 14.6. The SMILES string of the molecule is Cc1cccc(C)c1C1CCN(Cc2c(C(=O)N3CCN(CC4CCCO4)CC3)[nH]c3ccccc23)CC1.Cl.Cl. The van der Waals surface area contributed by atoms with E-state index in [2.05, 4.69) is 71.1 Å². The lowest BCUT2D eigenvalue weighted by atomic mass is 9.84. The predicted molar refractivity (Wildman–Crippen MR) is 167 cm³/mol. The summed E-state index contributed by atoms with van der Waals surface area (Å²) in [6, 6.07) is 15.1. The largest absolute Gasteiger partial charge is 0.377 e. The average Bonchev–Trinajstić information content (AvgIpc) is 3.58. The zero-order valence-corrected chi connectivity index (χ0v) is 25.5. The normalized spacial score (nSPS) is 20.9. The molecule has 1 unspecified atom stereocenters. The van der Waals surface area contributed by atoms with Crippen molar-refractivity contribution in [1.29, 1.82) is 0 Å². The maximum absolute atomic E-state index is 13.8. The fourth-order valence-electron chi connectivity index (χ4n) is 6.99. The lowest BCUT2D eigenvalue weighted by Gasteiger charge is -2.36. The minimum absolute atomic E-state index is 0. The number of hydrogen-bond acceptors (Lipinski definition) is 4. The predicted octanol–water partition coefficient (Wildman–Crippen LogP) is 5.94. The van der Waals surface area contributed by atoms with Crippen LogP contribution in [0.25, 0.3) is 10.9 Å². The number of aryl methyl sites for hydroxylation is 2. The van der Waals surface area contributed by atoms with Crippen LogP contribution in [0.5, 0.6) is 0 Å². The molecule has 3 aliphatic heterocycles. The van der Waals surface area contributed by atoms with Gasteiger partial charge in [0.15, 0.2) is 0 Å². The second-order valence-corrected chi connectivity index (χ2v) is 11.6. The highest BCUT2D eigenvalue weighted by molar-refractivity contribution is 6.01. The van der Waals surface area contributed by atoms with Gasteiger partial charge in [0.2, 0.25) is 0 Å². The van der Waals surface area contributed by atoms with Gasteiger partial charge in [0.1, 0.15) is 5.69 Å². The molecule has 1 atom stereocenters. The molecule has 3 saturated heterocycles. The Balaban J connectivity index is 0.00000185. The Kier molecular flexibility index (Phi) is 10.6. The summed E-state index contributed by atoms with van der Waals surface area (Å²) in [4.78, 5) is 24.4. The topological polar surface area (TPSA) is 51.8 Å². The first-order valence-electron chi connectivity index (χ1n) is 14.6. The fourth-order valence-corrected chi connectivity index (χ4v) is 6.99. The van der Waals surface area contributed by atoms with Gasteiger partial charge in [0.05, 0.1) is 6.10 Å². The van der Waals surface area contributed by atoms with Crippen LogP contribution in [0.2, 0.25) is 0 Å². The van der Waals surface area contributed by atoms with Crippen LogP contribution in [0.3, 0.4) is 0 Å². The van der Waals surface area contributed by atoms with E-state index >= 15 is 0 Å². The van der Waals surface area contributed by atoms with Gasteiger partial charge in [-0.1, -0.05) is 36.4 Å². The number of rotatable bonds is 6. The van der Waals surface area contributed by atoms with E-state index < -0.39 is 0 Å². The molecule has 0 spiro atoms. The Morgan fingerprint density at radius 1 is 0.875 bits per heavy atom. The number of aromatic amines is 1. The van der Waals surface area contributed by atoms with E-state index in [9.17, 15) is 4.79 Å². The lowest BCUT2D eigenvalue weighted by molar-refractivity contribution is 0.0429. The molecule has 40 heavy (non-hydrogen) atoms. The summed E-state index contributed by atoms with van der Waals surface area (Å²) in [5.41, 5.74) is 7.41. The maximum atomic E-state index is 13.8. The fraction of sp³-hybridized carbons (Fsp3) is 0.531. The molecular formula is C32H44Cl2N4O2. The third-order valence-corrected chi connectivity index (χ3v) is 9.09. The minimum Gasteiger partial charge on any atom is -0.377 e. The summed E-state index contributed by atoms with van der Waals surface area (Å²) in [7, 11) is 0. The number of fused-ring (bicyclic) bond motifs is 1. The molecule has 1 aromatic heterocycles. The number of halogens is 2. The van der Waals surface area contributed by atoms with Gasteiger partial charge in [-0.3, -0.25) is 14.6 Å². The average molecular weight is 588 g/mol. The van der Waals surface area contributed by atoms with Crippen molar-refractivity contribution in [3.8, 4) is 0 Å².